The van der Waals surface area contributed by atoms with E-state index >= 15 is 0 Å². The zero-order valence-electron chi connectivity index (χ0n) is 19.5. The van der Waals surface area contributed by atoms with Crippen LogP contribution in [0.3, 0.4) is 0 Å². The second kappa shape index (κ2) is 9.61. The molecule has 0 spiro atoms. The minimum atomic E-state index is -0.512. The van der Waals surface area contributed by atoms with Crippen LogP contribution in [0.1, 0.15) is 47.2 Å². The molecule has 3 aromatic carbocycles. The van der Waals surface area contributed by atoms with E-state index in [2.05, 4.69) is 0 Å². The quantitative estimate of drug-likeness (QED) is 0.317. The fraction of sp³-hybridized carbons (Fsp3) is 0.222. The fourth-order valence-corrected chi connectivity index (χ4v) is 4.76. The van der Waals surface area contributed by atoms with E-state index in [-0.39, 0.29) is 16.5 Å². The number of hydrogen-bond acceptors (Lipinski definition) is 3. The Labute approximate surface area is 208 Å². The first-order valence-corrected chi connectivity index (χ1v) is 11.8. The van der Waals surface area contributed by atoms with Gasteiger partial charge in [0.05, 0.1) is 33.2 Å². The first kappa shape index (κ1) is 24.0. The number of fused-ring (bicyclic) bond motifs is 1. The molecular formula is C27H25Cl2N3O2. The van der Waals surface area contributed by atoms with E-state index in [1.807, 2.05) is 64.1 Å². The molecule has 1 unspecified atom stereocenters. The molecule has 34 heavy (non-hydrogen) atoms. The van der Waals surface area contributed by atoms with Gasteiger partial charge in [0.2, 0.25) is 0 Å². The molecule has 174 valence electrons. The Kier molecular flexibility index (Phi) is 6.78. The summed E-state index contributed by atoms with van der Waals surface area (Å²) in [5.41, 5.74) is 3.55. The molecule has 1 aromatic heterocycles. The van der Waals surface area contributed by atoms with E-state index in [4.69, 9.17) is 28.2 Å². The maximum atomic E-state index is 13.7. The number of carbonyl (C=O) groups is 1. The monoisotopic (exact) mass is 493 g/mol. The normalized spacial score (nSPS) is 12.1. The van der Waals surface area contributed by atoms with Crippen LogP contribution in [-0.2, 0) is 0 Å². The predicted molar refractivity (Wildman–Crippen MR) is 138 cm³/mol. The zero-order chi connectivity index (χ0) is 24.6. The molecule has 5 nitrogen and oxygen atoms in total. The Bertz CT molecular complexity index is 1460. The Morgan fingerprint density at radius 3 is 2.47 bits per heavy atom. The molecule has 1 heterocycles. The van der Waals surface area contributed by atoms with Crippen LogP contribution < -0.4 is 5.56 Å². The number of benzene rings is 3. The number of aryl methyl sites for hydroxylation is 2. The standard InChI is InChI=1S/C27H25Cl2N3O2/c1-5-31(26(33)20-12-11-19(28)15-22(20)29)18(4)25-30-23-9-7-6-8-21(23)27(34)32(25)24-13-10-16(2)14-17(24)3/h6-15,18H,5H2,1-4H3. The molecule has 0 aliphatic heterocycles. The van der Waals surface area contributed by atoms with Crippen molar-refractivity contribution in [2.24, 2.45) is 0 Å². The number of aromatic nitrogens is 2. The highest BCUT2D eigenvalue weighted by atomic mass is 35.5. The van der Waals surface area contributed by atoms with Gasteiger partial charge in [-0.1, -0.05) is 53.0 Å². The highest BCUT2D eigenvalue weighted by Crippen LogP contribution is 2.28. The third kappa shape index (κ3) is 4.33. The van der Waals surface area contributed by atoms with Crippen molar-refractivity contribution in [3.8, 4) is 5.69 Å². The van der Waals surface area contributed by atoms with E-state index < -0.39 is 6.04 Å². The van der Waals surface area contributed by atoms with Gasteiger partial charge < -0.3 is 4.90 Å². The van der Waals surface area contributed by atoms with Gasteiger partial charge in [-0.3, -0.25) is 14.2 Å². The van der Waals surface area contributed by atoms with Gasteiger partial charge >= 0.3 is 0 Å². The third-order valence-electron chi connectivity index (χ3n) is 6.00. The van der Waals surface area contributed by atoms with Crippen molar-refractivity contribution in [1.29, 1.82) is 0 Å². The van der Waals surface area contributed by atoms with Gasteiger partial charge in [-0.05, 0) is 69.7 Å². The highest BCUT2D eigenvalue weighted by molar-refractivity contribution is 6.36. The lowest BCUT2D eigenvalue weighted by atomic mass is 10.1. The average molecular weight is 494 g/mol. The number of halogens is 2. The number of amides is 1. The summed E-state index contributed by atoms with van der Waals surface area (Å²) in [4.78, 5) is 33.8. The molecule has 4 aromatic rings. The van der Waals surface area contributed by atoms with E-state index in [9.17, 15) is 9.59 Å². The smallest absolute Gasteiger partial charge is 0.266 e. The van der Waals surface area contributed by atoms with Gasteiger partial charge in [-0.25, -0.2) is 4.98 Å². The molecule has 0 saturated carbocycles. The molecule has 0 saturated heterocycles. The summed E-state index contributed by atoms with van der Waals surface area (Å²) in [5, 5.41) is 1.26. The van der Waals surface area contributed by atoms with Crippen LogP contribution in [0, 0.1) is 13.8 Å². The molecule has 0 radical (unpaired) electrons. The summed E-state index contributed by atoms with van der Waals surface area (Å²) >= 11 is 12.4. The molecule has 7 heteroatoms. The van der Waals surface area contributed by atoms with Crippen LogP contribution in [0.15, 0.2) is 65.5 Å². The van der Waals surface area contributed by atoms with Gasteiger partial charge in [0.15, 0.2) is 0 Å². The number of rotatable bonds is 5. The van der Waals surface area contributed by atoms with Crippen LogP contribution >= 0.6 is 23.2 Å². The maximum absolute atomic E-state index is 13.7. The van der Waals surface area contributed by atoms with Gasteiger partial charge in [-0.2, -0.15) is 0 Å². The van der Waals surface area contributed by atoms with Crippen LogP contribution in [0.5, 0.6) is 0 Å². The second-order valence-corrected chi connectivity index (χ2v) is 9.15. The molecule has 0 fully saturated rings. The topological polar surface area (TPSA) is 55.2 Å². The molecular weight excluding hydrogens is 469 g/mol. The van der Waals surface area contributed by atoms with Crippen molar-refractivity contribution in [2.45, 2.75) is 33.7 Å². The largest absolute Gasteiger partial charge is 0.329 e. The van der Waals surface area contributed by atoms with Crippen molar-refractivity contribution >= 4 is 40.0 Å². The van der Waals surface area contributed by atoms with Crippen molar-refractivity contribution in [3.05, 3.63) is 104 Å². The average Bonchev–Trinajstić information content (AvgIpc) is 2.80. The van der Waals surface area contributed by atoms with E-state index in [1.54, 1.807) is 33.7 Å². The lowest BCUT2D eigenvalue weighted by Gasteiger charge is -2.30. The molecule has 0 bridgehead atoms. The molecule has 1 amide bonds. The molecule has 0 aliphatic rings. The summed E-state index contributed by atoms with van der Waals surface area (Å²) < 4.78 is 1.63. The number of carbonyl (C=O) groups excluding carboxylic acids is 1. The third-order valence-corrected chi connectivity index (χ3v) is 6.55. The summed E-state index contributed by atoms with van der Waals surface area (Å²) in [6.45, 7) is 8.14. The predicted octanol–water partition coefficient (Wildman–Crippen LogP) is 6.53. The van der Waals surface area contributed by atoms with Gasteiger partial charge in [0.25, 0.3) is 11.5 Å². The maximum Gasteiger partial charge on any atom is 0.266 e. The molecule has 0 aliphatic carbocycles. The Morgan fingerprint density at radius 2 is 1.79 bits per heavy atom. The van der Waals surface area contributed by atoms with Crippen LogP contribution in [0.4, 0.5) is 0 Å². The van der Waals surface area contributed by atoms with Gasteiger partial charge in [-0.15, -0.1) is 0 Å². The van der Waals surface area contributed by atoms with E-state index in [0.717, 1.165) is 16.8 Å². The Balaban J connectivity index is 1.93. The number of para-hydroxylation sites is 1. The summed E-state index contributed by atoms with van der Waals surface area (Å²) in [5.74, 6) is 0.224. The van der Waals surface area contributed by atoms with Crippen molar-refractivity contribution in [1.82, 2.24) is 14.5 Å². The van der Waals surface area contributed by atoms with Crippen molar-refractivity contribution in [3.63, 3.8) is 0 Å². The summed E-state index contributed by atoms with van der Waals surface area (Å²) in [7, 11) is 0. The Morgan fingerprint density at radius 1 is 1.06 bits per heavy atom. The first-order valence-electron chi connectivity index (χ1n) is 11.1. The lowest BCUT2D eigenvalue weighted by molar-refractivity contribution is 0.0693. The highest BCUT2D eigenvalue weighted by Gasteiger charge is 2.28. The van der Waals surface area contributed by atoms with Crippen LogP contribution in [0.25, 0.3) is 16.6 Å². The van der Waals surface area contributed by atoms with E-state index in [0.29, 0.717) is 33.9 Å². The van der Waals surface area contributed by atoms with Gasteiger partial charge in [0.1, 0.15) is 5.82 Å². The van der Waals surface area contributed by atoms with Crippen LogP contribution in [0.2, 0.25) is 10.0 Å². The van der Waals surface area contributed by atoms with Gasteiger partial charge in [0, 0.05) is 11.6 Å². The SMILES string of the molecule is CCN(C(=O)c1ccc(Cl)cc1Cl)C(C)c1nc2ccccc2c(=O)n1-c1ccc(C)cc1C. The van der Waals surface area contributed by atoms with E-state index in [1.165, 1.54) is 0 Å². The second-order valence-electron chi connectivity index (χ2n) is 8.31. The zero-order valence-corrected chi connectivity index (χ0v) is 21.0. The minimum absolute atomic E-state index is 0.174. The summed E-state index contributed by atoms with van der Waals surface area (Å²) in [6, 6.07) is 17.5. The lowest BCUT2D eigenvalue weighted by Crippen LogP contribution is -2.37. The van der Waals surface area contributed by atoms with Crippen LogP contribution in [-0.4, -0.2) is 26.9 Å². The number of nitrogens with zero attached hydrogens (tertiary/aromatic N) is 3. The summed E-state index contributed by atoms with van der Waals surface area (Å²) in [6.07, 6.45) is 0. The number of hydrogen-bond donors (Lipinski definition) is 0. The molecule has 4 rings (SSSR count). The fourth-order valence-electron chi connectivity index (χ4n) is 4.27. The van der Waals surface area contributed by atoms with Crippen molar-refractivity contribution < 1.29 is 4.79 Å². The van der Waals surface area contributed by atoms with Crippen molar-refractivity contribution in [2.75, 3.05) is 6.54 Å². The Hall–Kier alpha value is -3.15. The molecule has 0 N–H and O–H groups in total. The first-order chi connectivity index (χ1) is 16.2. The molecule has 1 atom stereocenters. The minimum Gasteiger partial charge on any atom is -0.329 e.